The molecule has 0 amide bonds. The van der Waals surface area contributed by atoms with E-state index in [1.54, 1.807) is 11.3 Å². The zero-order valence-electron chi connectivity index (χ0n) is 9.80. The first-order chi connectivity index (χ1) is 8.26. The van der Waals surface area contributed by atoms with E-state index in [-0.39, 0.29) is 0 Å². The van der Waals surface area contributed by atoms with Crippen LogP contribution >= 0.6 is 23.1 Å². The van der Waals surface area contributed by atoms with Crippen LogP contribution in [-0.4, -0.2) is 35.6 Å². The lowest BCUT2D eigenvalue weighted by atomic mass is 10.3. The zero-order chi connectivity index (χ0) is 12.3. The van der Waals surface area contributed by atoms with Gasteiger partial charge in [-0.1, -0.05) is 0 Å². The van der Waals surface area contributed by atoms with Crippen LogP contribution in [0.2, 0.25) is 0 Å². The largest absolute Gasteiger partial charge is 0.358 e. The van der Waals surface area contributed by atoms with Crippen LogP contribution in [-0.2, 0) is 0 Å². The number of nitrogens with two attached hydrogens (primary N) is 1. The number of anilines is 2. The van der Waals surface area contributed by atoms with Gasteiger partial charge in [0.15, 0.2) is 0 Å². The smallest absolute Gasteiger partial charge is 0.240 e. The minimum atomic E-state index is 0.464. The van der Waals surface area contributed by atoms with E-state index in [1.807, 2.05) is 30.3 Å². The Labute approximate surface area is 108 Å². The van der Waals surface area contributed by atoms with Crippen molar-refractivity contribution in [1.29, 1.82) is 0 Å². The highest BCUT2D eigenvalue weighted by molar-refractivity contribution is 7.98. The van der Waals surface area contributed by atoms with Crippen molar-refractivity contribution < 1.29 is 0 Å². The van der Waals surface area contributed by atoms with Gasteiger partial charge in [0.1, 0.15) is 10.6 Å². The number of hydrogen-bond donors (Lipinski definition) is 2. The van der Waals surface area contributed by atoms with E-state index in [0.29, 0.717) is 5.95 Å². The Balaban J connectivity index is 2.39. The summed E-state index contributed by atoms with van der Waals surface area (Å²) in [5, 5.41) is 3.10. The Morgan fingerprint density at radius 2 is 2.35 bits per heavy atom. The highest BCUT2D eigenvalue weighted by Gasteiger charge is 2.11. The van der Waals surface area contributed by atoms with Gasteiger partial charge in [-0.05, 0) is 17.7 Å². The van der Waals surface area contributed by atoms with Crippen molar-refractivity contribution in [2.75, 3.05) is 35.9 Å². The Morgan fingerprint density at radius 1 is 1.53 bits per heavy atom. The number of hydrazine groups is 1. The van der Waals surface area contributed by atoms with Gasteiger partial charge in [0.05, 0.1) is 5.39 Å². The van der Waals surface area contributed by atoms with E-state index < -0.39 is 0 Å². The van der Waals surface area contributed by atoms with Crippen LogP contribution < -0.4 is 16.2 Å². The summed E-state index contributed by atoms with van der Waals surface area (Å²) in [6, 6.07) is 2.05. The monoisotopic (exact) mass is 269 g/mol. The number of thioether (sulfide) groups is 1. The third kappa shape index (κ3) is 2.62. The molecule has 0 atom stereocenters. The molecule has 0 radical (unpaired) electrons. The molecule has 0 spiro atoms. The van der Waals surface area contributed by atoms with Gasteiger partial charge in [-0.3, -0.25) is 5.43 Å². The van der Waals surface area contributed by atoms with Gasteiger partial charge >= 0.3 is 0 Å². The Bertz CT molecular complexity index is 498. The van der Waals surface area contributed by atoms with Gasteiger partial charge in [-0.15, -0.1) is 11.3 Å². The third-order valence-electron chi connectivity index (χ3n) is 2.43. The van der Waals surface area contributed by atoms with Gasteiger partial charge in [0.2, 0.25) is 5.95 Å². The van der Waals surface area contributed by atoms with Crippen LogP contribution in [0.1, 0.15) is 0 Å². The average molecular weight is 269 g/mol. The minimum Gasteiger partial charge on any atom is -0.358 e. The highest BCUT2D eigenvalue weighted by atomic mass is 32.2. The van der Waals surface area contributed by atoms with Crippen LogP contribution in [0.5, 0.6) is 0 Å². The minimum absolute atomic E-state index is 0.464. The van der Waals surface area contributed by atoms with Crippen molar-refractivity contribution in [1.82, 2.24) is 9.97 Å². The Morgan fingerprint density at radius 3 is 3.06 bits per heavy atom. The number of nitrogen functional groups attached to an aromatic ring is 1. The van der Waals surface area contributed by atoms with Crippen LogP contribution in [0.25, 0.3) is 10.2 Å². The predicted molar refractivity (Wildman–Crippen MR) is 76.9 cm³/mol. The lowest BCUT2D eigenvalue weighted by Gasteiger charge is -2.18. The highest BCUT2D eigenvalue weighted by Crippen LogP contribution is 2.28. The van der Waals surface area contributed by atoms with Gasteiger partial charge in [-0.25, -0.2) is 10.8 Å². The summed E-state index contributed by atoms with van der Waals surface area (Å²) >= 11 is 3.41. The summed E-state index contributed by atoms with van der Waals surface area (Å²) in [5.74, 6) is 7.85. The second-order valence-electron chi connectivity index (χ2n) is 3.57. The molecule has 0 saturated carbocycles. The van der Waals surface area contributed by atoms with Crippen LogP contribution in [0.3, 0.4) is 0 Å². The van der Waals surface area contributed by atoms with Crippen molar-refractivity contribution >= 4 is 45.1 Å². The second-order valence-corrected chi connectivity index (χ2v) is 5.45. The van der Waals surface area contributed by atoms with E-state index in [9.17, 15) is 0 Å². The molecular weight excluding hydrogens is 254 g/mol. The first-order valence-electron chi connectivity index (χ1n) is 5.18. The number of aromatic nitrogens is 2. The maximum Gasteiger partial charge on any atom is 0.240 e. The number of fused-ring (bicyclic) bond motifs is 1. The van der Waals surface area contributed by atoms with E-state index in [2.05, 4.69) is 26.5 Å². The van der Waals surface area contributed by atoms with E-state index >= 15 is 0 Å². The second kappa shape index (κ2) is 5.52. The number of nitrogens with zero attached hydrogens (tertiary/aromatic N) is 3. The fourth-order valence-electron chi connectivity index (χ4n) is 1.53. The number of hydrogen-bond acceptors (Lipinski definition) is 7. The topological polar surface area (TPSA) is 67.1 Å². The molecule has 0 aromatic carbocycles. The molecule has 2 rings (SSSR count). The molecule has 0 bridgehead atoms. The molecule has 0 unspecified atom stereocenters. The van der Waals surface area contributed by atoms with E-state index in [1.165, 1.54) is 0 Å². The standard InChI is InChI=1S/C10H15N5S2/c1-15(4-6-16-2)8-7-3-5-17-9(7)13-10(12-8)14-11/h3,5H,4,6,11H2,1-2H3,(H,12,13,14). The molecule has 0 fully saturated rings. The molecule has 92 valence electrons. The molecule has 0 aliphatic rings. The van der Waals surface area contributed by atoms with Crippen molar-refractivity contribution in [3.63, 3.8) is 0 Å². The molecule has 7 heteroatoms. The first-order valence-corrected chi connectivity index (χ1v) is 7.45. The number of nitrogens with one attached hydrogen (secondary N) is 1. The van der Waals surface area contributed by atoms with Crippen molar-refractivity contribution in [2.24, 2.45) is 5.84 Å². The van der Waals surface area contributed by atoms with E-state index in [0.717, 1.165) is 28.3 Å². The summed E-state index contributed by atoms with van der Waals surface area (Å²) in [6.45, 7) is 0.952. The maximum absolute atomic E-state index is 5.39. The molecule has 17 heavy (non-hydrogen) atoms. The lowest BCUT2D eigenvalue weighted by Crippen LogP contribution is -2.22. The maximum atomic E-state index is 5.39. The predicted octanol–water partition coefficient (Wildman–Crippen LogP) is 1.78. The Kier molecular flexibility index (Phi) is 4.03. The molecule has 0 saturated heterocycles. The average Bonchev–Trinajstić information content (AvgIpc) is 2.82. The molecule has 3 N–H and O–H groups in total. The molecule has 0 aliphatic heterocycles. The molecule has 0 aliphatic carbocycles. The van der Waals surface area contributed by atoms with Crippen LogP contribution in [0, 0.1) is 0 Å². The van der Waals surface area contributed by atoms with Gasteiger partial charge < -0.3 is 4.90 Å². The molecular formula is C10H15N5S2. The molecule has 5 nitrogen and oxygen atoms in total. The SMILES string of the molecule is CSCCN(C)c1nc(NN)nc2sccc12. The van der Waals surface area contributed by atoms with Crippen molar-refractivity contribution in [3.05, 3.63) is 11.4 Å². The summed E-state index contributed by atoms with van der Waals surface area (Å²) in [4.78, 5) is 11.8. The van der Waals surface area contributed by atoms with E-state index in [4.69, 9.17) is 5.84 Å². The van der Waals surface area contributed by atoms with Gasteiger partial charge in [0.25, 0.3) is 0 Å². The zero-order valence-corrected chi connectivity index (χ0v) is 11.4. The molecule has 2 aromatic heterocycles. The van der Waals surface area contributed by atoms with Gasteiger partial charge in [-0.2, -0.15) is 16.7 Å². The molecule has 2 heterocycles. The fourth-order valence-corrected chi connectivity index (χ4v) is 2.74. The summed E-state index contributed by atoms with van der Waals surface area (Å²) < 4.78 is 0. The normalized spacial score (nSPS) is 10.8. The fraction of sp³-hybridized carbons (Fsp3) is 0.400. The van der Waals surface area contributed by atoms with Gasteiger partial charge in [0, 0.05) is 19.3 Å². The Hall–Kier alpha value is -1.05. The quantitative estimate of drug-likeness (QED) is 0.637. The first kappa shape index (κ1) is 12.4. The summed E-state index contributed by atoms with van der Waals surface area (Å²) in [5.41, 5.74) is 2.51. The number of rotatable bonds is 5. The van der Waals surface area contributed by atoms with Crippen molar-refractivity contribution in [2.45, 2.75) is 0 Å². The third-order valence-corrected chi connectivity index (χ3v) is 3.82. The van der Waals surface area contributed by atoms with Crippen LogP contribution in [0.4, 0.5) is 11.8 Å². The van der Waals surface area contributed by atoms with Crippen molar-refractivity contribution in [3.8, 4) is 0 Å². The number of thiophene rings is 1. The van der Waals surface area contributed by atoms with Crippen LogP contribution in [0.15, 0.2) is 11.4 Å². The molecule has 2 aromatic rings. The lowest BCUT2D eigenvalue weighted by molar-refractivity contribution is 0.948. The summed E-state index contributed by atoms with van der Waals surface area (Å²) in [6.07, 6.45) is 2.10. The summed E-state index contributed by atoms with van der Waals surface area (Å²) in [7, 11) is 2.04.